The molecule has 1 saturated carbocycles. The molecule has 1 N–H and O–H groups in total. The minimum atomic E-state index is -1.01. The van der Waals surface area contributed by atoms with Crippen LogP contribution in [0.2, 0.25) is 5.02 Å². The van der Waals surface area contributed by atoms with Crippen molar-refractivity contribution < 1.29 is 9.90 Å². The highest BCUT2D eigenvalue weighted by Gasteiger charge is 2.30. The van der Waals surface area contributed by atoms with Gasteiger partial charge in [-0.2, -0.15) is 0 Å². The van der Waals surface area contributed by atoms with Crippen molar-refractivity contribution in [3.8, 4) is 0 Å². The average Bonchev–Trinajstić information content (AvgIpc) is 2.99. The quantitative estimate of drug-likeness (QED) is 0.826. The van der Waals surface area contributed by atoms with Gasteiger partial charge in [0, 0.05) is 5.02 Å². The van der Waals surface area contributed by atoms with Crippen LogP contribution in [-0.4, -0.2) is 11.1 Å². The highest BCUT2D eigenvalue weighted by atomic mass is 35.5. The molecule has 15 heavy (non-hydrogen) atoms. The van der Waals surface area contributed by atoms with E-state index >= 15 is 0 Å². The molecule has 4 heteroatoms. The monoisotopic (exact) mass is 244 g/mol. The van der Waals surface area contributed by atoms with Gasteiger partial charge in [-0.05, 0) is 42.0 Å². The molecule has 0 bridgehead atoms. The van der Waals surface area contributed by atoms with Crippen LogP contribution < -0.4 is 0 Å². The first-order valence-electron chi connectivity index (χ1n) is 4.76. The van der Waals surface area contributed by atoms with Gasteiger partial charge in [-0.3, -0.25) is 4.79 Å². The Morgan fingerprint density at radius 3 is 2.67 bits per heavy atom. The van der Waals surface area contributed by atoms with Crippen LogP contribution in [0, 0.1) is 0 Å². The summed E-state index contributed by atoms with van der Waals surface area (Å²) in [6.07, 6.45) is 2.19. The number of carbonyl (C=O) groups is 1. The van der Waals surface area contributed by atoms with Gasteiger partial charge in [0.25, 0.3) is 0 Å². The van der Waals surface area contributed by atoms with Gasteiger partial charge in [0.1, 0.15) is 0 Å². The summed E-state index contributed by atoms with van der Waals surface area (Å²) >= 11 is 11.7. The van der Waals surface area contributed by atoms with Crippen molar-refractivity contribution in [1.29, 1.82) is 0 Å². The first kappa shape index (κ1) is 10.8. The Hall–Kier alpha value is -0.730. The van der Waals surface area contributed by atoms with Gasteiger partial charge in [-0.25, -0.2) is 0 Å². The van der Waals surface area contributed by atoms with E-state index in [9.17, 15) is 4.79 Å². The van der Waals surface area contributed by atoms with Crippen LogP contribution >= 0.6 is 23.2 Å². The average molecular weight is 245 g/mol. The predicted molar refractivity (Wildman–Crippen MR) is 59.7 cm³/mol. The smallest absolute Gasteiger partial charge is 0.326 e. The zero-order valence-electron chi connectivity index (χ0n) is 7.91. The summed E-state index contributed by atoms with van der Waals surface area (Å²) in [5.74, 6) is -0.569. The van der Waals surface area contributed by atoms with Crippen LogP contribution in [0.3, 0.4) is 0 Å². The van der Waals surface area contributed by atoms with Crippen LogP contribution in [0.1, 0.15) is 35.3 Å². The lowest BCUT2D eigenvalue weighted by atomic mass is 10.0. The maximum Gasteiger partial charge on any atom is 0.326 e. The van der Waals surface area contributed by atoms with Crippen molar-refractivity contribution >= 4 is 29.2 Å². The van der Waals surface area contributed by atoms with E-state index < -0.39 is 11.3 Å². The molecule has 80 valence electrons. The van der Waals surface area contributed by atoms with Crippen LogP contribution in [0.25, 0.3) is 0 Å². The summed E-state index contributed by atoms with van der Waals surface area (Å²) in [7, 11) is 0. The van der Waals surface area contributed by atoms with E-state index in [1.54, 1.807) is 12.1 Å². The van der Waals surface area contributed by atoms with E-state index in [-0.39, 0.29) is 0 Å². The fraction of sp³-hybridized carbons (Fsp3) is 0.364. The molecular weight excluding hydrogens is 235 g/mol. The number of rotatable bonds is 3. The molecule has 0 saturated heterocycles. The van der Waals surface area contributed by atoms with Gasteiger partial charge in [0.2, 0.25) is 0 Å². The van der Waals surface area contributed by atoms with Crippen LogP contribution in [0.5, 0.6) is 0 Å². The van der Waals surface area contributed by atoms with E-state index in [4.69, 9.17) is 28.3 Å². The molecule has 2 rings (SSSR count). The third-order valence-electron chi connectivity index (χ3n) is 2.56. The molecular formula is C11H10Cl2O2. The van der Waals surface area contributed by atoms with Crippen LogP contribution in [0.15, 0.2) is 18.2 Å². The number of hydrogen-bond acceptors (Lipinski definition) is 1. The summed E-state index contributed by atoms with van der Waals surface area (Å²) < 4.78 is 0. The summed E-state index contributed by atoms with van der Waals surface area (Å²) in [6, 6.07) is 5.22. The topological polar surface area (TPSA) is 37.3 Å². The Morgan fingerprint density at radius 2 is 2.13 bits per heavy atom. The zero-order valence-corrected chi connectivity index (χ0v) is 9.42. The molecule has 0 aliphatic heterocycles. The molecule has 1 fully saturated rings. The van der Waals surface area contributed by atoms with Gasteiger partial charge >= 0.3 is 5.97 Å². The van der Waals surface area contributed by atoms with Gasteiger partial charge in [0.05, 0.1) is 0 Å². The lowest BCUT2D eigenvalue weighted by molar-refractivity contribution is -0.136. The van der Waals surface area contributed by atoms with E-state index in [1.165, 1.54) is 0 Å². The lowest BCUT2D eigenvalue weighted by Crippen LogP contribution is -2.07. The molecule has 2 nitrogen and oxygen atoms in total. The minimum absolute atomic E-state index is 0.444. The molecule has 0 spiro atoms. The second-order valence-electron chi connectivity index (χ2n) is 3.75. The molecule has 1 aromatic carbocycles. The van der Waals surface area contributed by atoms with Crippen molar-refractivity contribution in [2.75, 3.05) is 0 Å². The first-order valence-corrected chi connectivity index (χ1v) is 5.57. The Morgan fingerprint density at radius 1 is 1.47 bits per heavy atom. The summed E-state index contributed by atoms with van der Waals surface area (Å²) in [4.78, 5) is 10.8. The molecule has 1 unspecified atom stereocenters. The Balaban J connectivity index is 2.40. The number of aliphatic carboxylic acids is 1. The second-order valence-corrected chi connectivity index (χ2v) is 4.62. The van der Waals surface area contributed by atoms with Gasteiger partial charge in [-0.15, -0.1) is 11.6 Å². The number of hydrogen-bond donors (Lipinski definition) is 1. The maximum atomic E-state index is 10.8. The van der Waals surface area contributed by atoms with Crippen molar-refractivity contribution in [2.45, 2.75) is 24.1 Å². The zero-order chi connectivity index (χ0) is 11.0. The number of alkyl halides is 1. The fourth-order valence-corrected chi connectivity index (χ4v) is 2.04. The predicted octanol–water partition coefficient (Wildman–Crippen LogP) is 3.58. The Kier molecular flexibility index (Phi) is 2.89. The summed E-state index contributed by atoms with van der Waals surface area (Å²) in [6.45, 7) is 0. The molecule has 1 atom stereocenters. The van der Waals surface area contributed by atoms with E-state index in [2.05, 4.69) is 0 Å². The first-order chi connectivity index (χ1) is 7.09. The number of carboxylic acids is 1. The van der Waals surface area contributed by atoms with Gasteiger partial charge in [-0.1, -0.05) is 17.7 Å². The third-order valence-corrected chi connectivity index (χ3v) is 3.21. The van der Waals surface area contributed by atoms with Crippen molar-refractivity contribution in [1.82, 2.24) is 0 Å². The number of benzene rings is 1. The maximum absolute atomic E-state index is 10.8. The normalized spacial score (nSPS) is 17.5. The SMILES string of the molecule is O=C(O)C(Cl)c1ccc(Cl)cc1C1CC1. The highest BCUT2D eigenvalue weighted by Crippen LogP contribution is 2.44. The van der Waals surface area contributed by atoms with E-state index in [0.29, 0.717) is 16.5 Å². The number of carboxylic acid groups (broad SMARTS) is 1. The van der Waals surface area contributed by atoms with Crippen molar-refractivity contribution in [2.24, 2.45) is 0 Å². The minimum Gasteiger partial charge on any atom is -0.480 e. The van der Waals surface area contributed by atoms with Gasteiger partial charge in [0.15, 0.2) is 5.38 Å². The second kappa shape index (κ2) is 4.03. The molecule has 0 amide bonds. The van der Waals surface area contributed by atoms with E-state index in [0.717, 1.165) is 18.4 Å². The van der Waals surface area contributed by atoms with E-state index in [1.807, 2.05) is 6.07 Å². The fourth-order valence-electron chi connectivity index (χ4n) is 1.66. The molecule has 1 aromatic rings. The summed E-state index contributed by atoms with van der Waals surface area (Å²) in [5.41, 5.74) is 1.67. The molecule has 0 radical (unpaired) electrons. The number of halogens is 2. The van der Waals surface area contributed by atoms with Gasteiger partial charge < -0.3 is 5.11 Å². The molecule has 0 aromatic heterocycles. The Bertz CT molecular complexity index is 400. The molecule has 1 aliphatic carbocycles. The highest BCUT2D eigenvalue weighted by molar-refractivity contribution is 6.31. The van der Waals surface area contributed by atoms with Crippen LogP contribution in [0.4, 0.5) is 0 Å². The lowest BCUT2D eigenvalue weighted by Gasteiger charge is -2.11. The summed E-state index contributed by atoms with van der Waals surface area (Å²) in [5, 5.41) is 8.53. The Labute approximate surface area is 97.8 Å². The van der Waals surface area contributed by atoms with Crippen molar-refractivity contribution in [3.63, 3.8) is 0 Å². The largest absolute Gasteiger partial charge is 0.480 e. The molecule has 1 aliphatic rings. The van der Waals surface area contributed by atoms with Crippen LogP contribution in [-0.2, 0) is 4.79 Å². The van der Waals surface area contributed by atoms with Crippen molar-refractivity contribution in [3.05, 3.63) is 34.3 Å². The third kappa shape index (κ3) is 2.27. The molecule has 0 heterocycles. The standard InChI is InChI=1S/C11H10Cl2O2/c12-7-3-4-8(10(13)11(14)15)9(5-7)6-1-2-6/h3-6,10H,1-2H2,(H,14,15).